The average Bonchev–Trinajstić information content (AvgIpc) is 2.32. The largest absolute Gasteiger partial charge is 0.118 e. The lowest BCUT2D eigenvalue weighted by molar-refractivity contribution is 0.608. The summed E-state index contributed by atoms with van der Waals surface area (Å²) in [5, 5.41) is 0.230. The first-order chi connectivity index (χ1) is 6.09. The Labute approximate surface area is 84.9 Å². The van der Waals surface area contributed by atoms with Crippen LogP contribution in [-0.2, 0) is 6.42 Å². The number of aryl methyl sites for hydroxylation is 2. The maximum Gasteiger partial charge on any atom is 0.0616 e. The minimum Gasteiger partial charge on any atom is -0.118 e. The lowest BCUT2D eigenvalue weighted by Gasteiger charge is -2.08. The molecule has 2 unspecified atom stereocenters. The van der Waals surface area contributed by atoms with Gasteiger partial charge in [0.1, 0.15) is 0 Å². The van der Waals surface area contributed by atoms with Gasteiger partial charge in [-0.25, -0.2) is 0 Å². The van der Waals surface area contributed by atoms with Gasteiger partial charge >= 0.3 is 0 Å². The molecular formula is C12H15Cl. The van der Waals surface area contributed by atoms with Gasteiger partial charge in [-0.1, -0.05) is 24.6 Å². The Morgan fingerprint density at radius 1 is 1.31 bits per heavy atom. The van der Waals surface area contributed by atoms with E-state index in [1.54, 1.807) is 0 Å². The topological polar surface area (TPSA) is 0 Å². The Balaban J connectivity index is 2.57. The van der Waals surface area contributed by atoms with Crippen molar-refractivity contribution in [2.75, 3.05) is 0 Å². The molecule has 1 aliphatic carbocycles. The fraction of sp³-hybridized carbons (Fsp3) is 0.500. The van der Waals surface area contributed by atoms with Crippen LogP contribution in [0.3, 0.4) is 0 Å². The van der Waals surface area contributed by atoms with Crippen LogP contribution in [0.5, 0.6) is 0 Å². The molecule has 70 valence electrons. The molecule has 0 aliphatic heterocycles. The number of hydrogen-bond donors (Lipinski definition) is 0. The predicted molar refractivity (Wildman–Crippen MR) is 57.4 cm³/mol. The zero-order valence-electron chi connectivity index (χ0n) is 8.39. The van der Waals surface area contributed by atoms with Crippen molar-refractivity contribution in [3.05, 3.63) is 34.4 Å². The maximum absolute atomic E-state index is 6.34. The molecule has 0 spiro atoms. The van der Waals surface area contributed by atoms with Crippen molar-refractivity contribution in [2.45, 2.75) is 32.6 Å². The van der Waals surface area contributed by atoms with Crippen molar-refractivity contribution in [1.29, 1.82) is 0 Å². The van der Waals surface area contributed by atoms with E-state index in [0.29, 0.717) is 5.92 Å². The molecule has 1 aliphatic rings. The second-order valence-corrected chi connectivity index (χ2v) is 4.70. The van der Waals surface area contributed by atoms with Gasteiger partial charge in [-0.3, -0.25) is 0 Å². The van der Waals surface area contributed by atoms with Gasteiger partial charge < -0.3 is 0 Å². The number of benzene rings is 1. The summed E-state index contributed by atoms with van der Waals surface area (Å²) in [6, 6.07) is 4.49. The van der Waals surface area contributed by atoms with E-state index in [-0.39, 0.29) is 5.38 Å². The minimum absolute atomic E-state index is 0.230. The van der Waals surface area contributed by atoms with Crippen molar-refractivity contribution in [1.82, 2.24) is 0 Å². The van der Waals surface area contributed by atoms with E-state index in [9.17, 15) is 0 Å². The van der Waals surface area contributed by atoms with Gasteiger partial charge in [0.2, 0.25) is 0 Å². The zero-order valence-corrected chi connectivity index (χ0v) is 9.15. The van der Waals surface area contributed by atoms with Gasteiger partial charge in [0.05, 0.1) is 5.38 Å². The van der Waals surface area contributed by atoms with Crippen LogP contribution < -0.4 is 0 Å². The fourth-order valence-corrected chi connectivity index (χ4v) is 2.57. The van der Waals surface area contributed by atoms with E-state index in [4.69, 9.17) is 11.6 Å². The van der Waals surface area contributed by atoms with Crippen LogP contribution in [0.4, 0.5) is 0 Å². The van der Waals surface area contributed by atoms with Crippen molar-refractivity contribution in [2.24, 2.45) is 5.92 Å². The Morgan fingerprint density at radius 3 is 2.69 bits per heavy atom. The van der Waals surface area contributed by atoms with Crippen LogP contribution in [0.25, 0.3) is 0 Å². The molecule has 13 heavy (non-hydrogen) atoms. The van der Waals surface area contributed by atoms with E-state index in [1.165, 1.54) is 22.3 Å². The summed E-state index contributed by atoms with van der Waals surface area (Å²) >= 11 is 6.34. The first kappa shape index (κ1) is 9.08. The van der Waals surface area contributed by atoms with Crippen molar-refractivity contribution >= 4 is 11.6 Å². The summed E-state index contributed by atoms with van der Waals surface area (Å²) in [5.41, 5.74) is 5.59. The molecule has 0 aromatic heterocycles. The van der Waals surface area contributed by atoms with Crippen LogP contribution >= 0.6 is 11.6 Å². The lowest BCUT2D eigenvalue weighted by Crippen LogP contribution is -1.94. The predicted octanol–water partition coefficient (Wildman–Crippen LogP) is 3.78. The first-order valence-corrected chi connectivity index (χ1v) is 5.27. The second kappa shape index (κ2) is 3.02. The normalized spacial score (nSPS) is 26.2. The molecule has 0 heterocycles. The summed E-state index contributed by atoms with van der Waals surface area (Å²) in [6.07, 6.45) is 1.15. The molecule has 0 amide bonds. The molecule has 0 saturated carbocycles. The smallest absolute Gasteiger partial charge is 0.0616 e. The highest BCUT2D eigenvalue weighted by Gasteiger charge is 2.28. The number of hydrogen-bond acceptors (Lipinski definition) is 0. The van der Waals surface area contributed by atoms with E-state index >= 15 is 0 Å². The quantitative estimate of drug-likeness (QED) is 0.552. The number of fused-ring (bicyclic) bond motifs is 1. The molecule has 0 nitrogen and oxygen atoms in total. The van der Waals surface area contributed by atoms with Gasteiger partial charge in [0, 0.05) is 0 Å². The maximum atomic E-state index is 6.34. The molecule has 1 aromatic carbocycles. The average molecular weight is 195 g/mol. The van der Waals surface area contributed by atoms with Gasteiger partial charge in [0.25, 0.3) is 0 Å². The van der Waals surface area contributed by atoms with Crippen molar-refractivity contribution in [3.8, 4) is 0 Å². The fourth-order valence-electron chi connectivity index (χ4n) is 2.29. The third-order valence-electron chi connectivity index (χ3n) is 2.97. The summed E-state index contributed by atoms with van der Waals surface area (Å²) in [5.74, 6) is 0.595. The third kappa shape index (κ3) is 1.38. The van der Waals surface area contributed by atoms with Gasteiger partial charge in [-0.05, 0) is 42.9 Å². The molecular weight excluding hydrogens is 180 g/mol. The standard InChI is InChI=1S/C12H15Cl/c1-7-4-8(2)10-6-9(3)12(13)11(10)5-7/h4-5,9,12H,6H2,1-3H3. The molecule has 1 heteroatoms. The molecule has 2 rings (SSSR count). The van der Waals surface area contributed by atoms with E-state index in [2.05, 4.69) is 32.9 Å². The zero-order chi connectivity index (χ0) is 9.59. The van der Waals surface area contributed by atoms with Gasteiger partial charge in [-0.15, -0.1) is 11.6 Å². The van der Waals surface area contributed by atoms with Crippen LogP contribution in [0, 0.1) is 19.8 Å². The Kier molecular flexibility index (Phi) is 2.11. The van der Waals surface area contributed by atoms with Gasteiger partial charge in [0.15, 0.2) is 0 Å². The summed E-state index contributed by atoms with van der Waals surface area (Å²) in [4.78, 5) is 0. The molecule has 2 atom stereocenters. The van der Waals surface area contributed by atoms with Crippen LogP contribution in [-0.4, -0.2) is 0 Å². The Bertz CT molecular complexity index is 341. The number of rotatable bonds is 0. The molecule has 1 aromatic rings. The molecule has 0 bridgehead atoms. The number of alkyl halides is 1. The Hall–Kier alpha value is -0.490. The van der Waals surface area contributed by atoms with Crippen molar-refractivity contribution < 1.29 is 0 Å². The molecule has 0 fully saturated rings. The summed E-state index contributed by atoms with van der Waals surface area (Å²) in [6.45, 7) is 6.56. The molecule has 0 N–H and O–H groups in total. The summed E-state index contributed by atoms with van der Waals surface area (Å²) < 4.78 is 0. The van der Waals surface area contributed by atoms with E-state index in [1.807, 2.05) is 0 Å². The highest BCUT2D eigenvalue weighted by Crippen LogP contribution is 2.42. The monoisotopic (exact) mass is 194 g/mol. The lowest BCUT2D eigenvalue weighted by atomic mass is 10.0. The van der Waals surface area contributed by atoms with E-state index in [0.717, 1.165) is 6.42 Å². The SMILES string of the molecule is Cc1cc(C)c2c(c1)C(Cl)C(C)C2. The molecule has 0 saturated heterocycles. The van der Waals surface area contributed by atoms with Crippen LogP contribution in [0.15, 0.2) is 12.1 Å². The Morgan fingerprint density at radius 2 is 2.00 bits per heavy atom. The highest BCUT2D eigenvalue weighted by molar-refractivity contribution is 6.21. The highest BCUT2D eigenvalue weighted by atomic mass is 35.5. The number of halogens is 1. The third-order valence-corrected chi connectivity index (χ3v) is 3.64. The van der Waals surface area contributed by atoms with Crippen LogP contribution in [0.2, 0.25) is 0 Å². The minimum atomic E-state index is 0.230. The van der Waals surface area contributed by atoms with Crippen LogP contribution in [0.1, 0.15) is 34.6 Å². The molecule has 0 radical (unpaired) electrons. The summed E-state index contributed by atoms with van der Waals surface area (Å²) in [7, 11) is 0. The second-order valence-electron chi connectivity index (χ2n) is 4.23. The first-order valence-electron chi connectivity index (χ1n) is 4.83. The van der Waals surface area contributed by atoms with E-state index < -0.39 is 0 Å². The van der Waals surface area contributed by atoms with Gasteiger partial charge in [-0.2, -0.15) is 0 Å². The van der Waals surface area contributed by atoms with Crippen molar-refractivity contribution in [3.63, 3.8) is 0 Å².